The number of rotatable bonds is 5. The van der Waals surface area contributed by atoms with E-state index >= 15 is 0 Å². The molecule has 3 rings (SSSR count). The van der Waals surface area contributed by atoms with E-state index in [4.69, 9.17) is 16.7 Å². The van der Waals surface area contributed by atoms with Crippen molar-refractivity contribution in [2.75, 3.05) is 17.2 Å². The number of nitrogens with one attached hydrogen (secondary N) is 2. The first-order chi connectivity index (χ1) is 13.0. The molecule has 0 aliphatic rings. The van der Waals surface area contributed by atoms with Gasteiger partial charge in [0.2, 0.25) is 0 Å². The Balaban J connectivity index is 1.73. The second kappa shape index (κ2) is 8.66. The van der Waals surface area contributed by atoms with Crippen LogP contribution in [-0.4, -0.2) is 17.7 Å². The second-order valence-corrected chi connectivity index (χ2v) is 6.38. The molecule has 3 N–H and O–H groups in total. The summed E-state index contributed by atoms with van der Waals surface area (Å²) in [7, 11) is 0. The molecule has 4 nitrogen and oxygen atoms in total. The summed E-state index contributed by atoms with van der Waals surface area (Å²) < 4.78 is 13.4. The summed E-state index contributed by atoms with van der Waals surface area (Å²) >= 11 is 5.92. The van der Waals surface area contributed by atoms with Crippen molar-refractivity contribution in [3.63, 3.8) is 0 Å². The summed E-state index contributed by atoms with van der Waals surface area (Å²) in [6, 6.07) is 18.4. The maximum atomic E-state index is 13.4. The van der Waals surface area contributed by atoms with Crippen LogP contribution in [0.2, 0.25) is 5.02 Å². The van der Waals surface area contributed by atoms with E-state index in [0.29, 0.717) is 22.0 Å². The van der Waals surface area contributed by atoms with Gasteiger partial charge in [0.25, 0.3) is 0 Å². The lowest BCUT2D eigenvalue weighted by Gasteiger charge is -2.12. The van der Waals surface area contributed by atoms with Gasteiger partial charge in [0.15, 0.2) is 0 Å². The van der Waals surface area contributed by atoms with Crippen molar-refractivity contribution in [3.8, 4) is 11.1 Å². The highest BCUT2D eigenvalue weighted by Crippen LogP contribution is 2.24. The van der Waals surface area contributed by atoms with Crippen molar-refractivity contribution in [2.24, 2.45) is 0 Å². The number of amides is 2. The minimum atomic E-state index is -0.450. The zero-order valence-electron chi connectivity index (χ0n) is 14.4. The number of halogens is 2. The van der Waals surface area contributed by atoms with Crippen molar-refractivity contribution in [1.82, 2.24) is 0 Å². The summed E-state index contributed by atoms with van der Waals surface area (Å²) in [6.45, 7) is -0.136. The number of hydrogen-bond acceptors (Lipinski definition) is 2. The van der Waals surface area contributed by atoms with Crippen LogP contribution in [0.5, 0.6) is 0 Å². The van der Waals surface area contributed by atoms with Crippen LogP contribution >= 0.6 is 11.6 Å². The number of anilines is 2. The number of carbonyl (C=O) groups is 1. The monoisotopic (exact) mass is 384 g/mol. The van der Waals surface area contributed by atoms with E-state index < -0.39 is 11.8 Å². The maximum absolute atomic E-state index is 13.4. The second-order valence-electron chi connectivity index (χ2n) is 5.94. The van der Waals surface area contributed by atoms with E-state index in [1.807, 2.05) is 30.3 Å². The minimum absolute atomic E-state index is 0.136. The van der Waals surface area contributed by atoms with Gasteiger partial charge in [-0.05, 0) is 65.6 Å². The number of aliphatic hydroxyl groups is 1. The lowest BCUT2D eigenvalue weighted by atomic mass is 10.1. The van der Waals surface area contributed by atoms with Crippen molar-refractivity contribution in [2.45, 2.75) is 6.42 Å². The summed E-state index contributed by atoms with van der Waals surface area (Å²) in [4.78, 5) is 12.3. The largest absolute Gasteiger partial charge is 0.396 e. The first-order valence-electron chi connectivity index (χ1n) is 8.38. The van der Waals surface area contributed by atoms with Crippen molar-refractivity contribution in [1.29, 1.82) is 0 Å². The number of aliphatic hydroxyl groups excluding tert-OH is 1. The average molecular weight is 385 g/mol. The smallest absolute Gasteiger partial charge is 0.323 e. The van der Waals surface area contributed by atoms with Crippen LogP contribution in [0.4, 0.5) is 20.6 Å². The fourth-order valence-electron chi connectivity index (χ4n) is 2.72. The van der Waals surface area contributed by atoms with Crippen molar-refractivity contribution in [3.05, 3.63) is 83.1 Å². The molecule has 0 unspecified atom stereocenters. The van der Waals surface area contributed by atoms with Gasteiger partial charge in [0, 0.05) is 23.0 Å². The molecular weight excluding hydrogens is 367 g/mol. The predicted octanol–water partition coefficient (Wildman–Crippen LogP) is 5.32. The van der Waals surface area contributed by atoms with Crippen LogP contribution < -0.4 is 10.6 Å². The lowest BCUT2D eigenvalue weighted by molar-refractivity contribution is 0.262. The standard InChI is InChI=1S/C21H18ClFN2O2/c22-17-6-4-14(5-7-17)15-2-1-3-19(13-15)24-21(27)25-20-9-8-18(23)12-16(20)10-11-26/h1-9,12-13,26H,10-11H2,(H2,24,25,27). The van der Waals surface area contributed by atoms with Crippen LogP contribution in [-0.2, 0) is 6.42 Å². The van der Waals surface area contributed by atoms with Gasteiger partial charge in [0.1, 0.15) is 5.82 Å². The van der Waals surface area contributed by atoms with Crippen LogP contribution in [0.1, 0.15) is 5.56 Å². The van der Waals surface area contributed by atoms with E-state index in [1.54, 1.807) is 18.2 Å². The van der Waals surface area contributed by atoms with Crippen LogP contribution in [0.15, 0.2) is 66.7 Å². The van der Waals surface area contributed by atoms with E-state index in [-0.39, 0.29) is 13.0 Å². The first-order valence-corrected chi connectivity index (χ1v) is 8.76. The quantitative estimate of drug-likeness (QED) is 0.557. The molecule has 0 aliphatic heterocycles. The number of urea groups is 1. The molecule has 0 saturated heterocycles. The van der Waals surface area contributed by atoms with Crippen LogP contribution in [0, 0.1) is 5.82 Å². The Labute approximate surface area is 161 Å². The molecule has 0 saturated carbocycles. The van der Waals surface area contributed by atoms with Gasteiger partial charge in [-0.1, -0.05) is 35.9 Å². The molecular formula is C21H18ClFN2O2. The van der Waals surface area contributed by atoms with Gasteiger partial charge in [-0.3, -0.25) is 0 Å². The molecule has 138 valence electrons. The Morgan fingerprint density at radius 1 is 0.963 bits per heavy atom. The van der Waals surface area contributed by atoms with Gasteiger partial charge in [-0.25, -0.2) is 9.18 Å². The number of benzene rings is 3. The molecule has 0 heterocycles. The summed E-state index contributed by atoms with van der Waals surface area (Å²) in [5, 5.41) is 15.2. The van der Waals surface area contributed by atoms with E-state index in [1.165, 1.54) is 18.2 Å². The molecule has 0 radical (unpaired) electrons. The van der Waals surface area contributed by atoms with Crippen molar-refractivity contribution >= 4 is 29.0 Å². The molecule has 0 fully saturated rings. The zero-order chi connectivity index (χ0) is 19.2. The highest BCUT2D eigenvalue weighted by molar-refractivity contribution is 6.30. The van der Waals surface area contributed by atoms with E-state index in [2.05, 4.69) is 10.6 Å². The molecule has 6 heteroatoms. The molecule has 3 aromatic carbocycles. The summed E-state index contributed by atoms with van der Waals surface area (Å²) in [6.07, 6.45) is 0.249. The topological polar surface area (TPSA) is 61.4 Å². The summed E-state index contributed by atoms with van der Waals surface area (Å²) in [5.74, 6) is -0.417. The zero-order valence-corrected chi connectivity index (χ0v) is 15.1. The number of carbonyl (C=O) groups excluding carboxylic acids is 1. The van der Waals surface area contributed by atoms with Gasteiger partial charge >= 0.3 is 6.03 Å². The van der Waals surface area contributed by atoms with E-state index in [9.17, 15) is 9.18 Å². The molecule has 0 atom stereocenters. The molecule has 27 heavy (non-hydrogen) atoms. The Morgan fingerprint density at radius 3 is 2.48 bits per heavy atom. The molecule has 0 spiro atoms. The fourth-order valence-corrected chi connectivity index (χ4v) is 2.84. The average Bonchev–Trinajstić information content (AvgIpc) is 2.65. The fraction of sp³-hybridized carbons (Fsp3) is 0.0952. The first kappa shape index (κ1) is 18.9. The van der Waals surface area contributed by atoms with Gasteiger partial charge in [-0.2, -0.15) is 0 Å². The predicted molar refractivity (Wildman–Crippen MR) is 107 cm³/mol. The highest BCUT2D eigenvalue weighted by atomic mass is 35.5. The molecule has 0 bridgehead atoms. The third-order valence-corrected chi connectivity index (χ3v) is 4.25. The number of hydrogen-bond donors (Lipinski definition) is 3. The lowest BCUT2D eigenvalue weighted by Crippen LogP contribution is -2.20. The molecule has 3 aromatic rings. The third-order valence-electron chi connectivity index (χ3n) is 3.99. The van der Waals surface area contributed by atoms with Gasteiger partial charge < -0.3 is 15.7 Å². The molecule has 2 amide bonds. The third kappa shape index (κ3) is 5.06. The molecule has 0 aliphatic carbocycles. The highest BCUT2D eigenvalue weighted by Gasteiger charge is 2.09. The maximum Gasteiger partial charge on any atom is 0.323 e. The van der Waals surface area contributed by atoms with Crippen LogP contribution in [0.3, 0.4) is 0 Å². The van der Waals surface area contributed by atoms with Gasteiger partial charge in [-0.15, -0.1) is 0 Å². The van der Waals surface area contributed by atoms with Gasteiger partial charge in [0.05, 0.1) is 0 Å². The normalized spacial score (nSPS) is 10.5. The van der Waals surface area contributed by atoms with Crippen molar-refractivity contribution < 1.29 is 14.3 Å². The Kier molecular flexibility index (Phi) is 6.06. The molecule has 0 aromatic heterocycles. The van der Waals surface area contributed by atoms with E-state index in [0.717, 1.165) is 11.1 Å². The Hall–Kier alpha value is -2.89. The van der Waals surface area contributed by atoms with Crippen LogP contribution in [0.25, 0.3) is 11.1 Å². The summed E-state index contributed by atoms with van der Waals surface area (Å²) in [5.41, 5.74) is 3.52. The Bertz CT molecular complexity index is 945. The SMILES string of the molecule is O=C(Nc1cccc(-c2ccc(Cl)cc2)c1)Nc1ccc(F)cc1CCO. The Morgan fingerprint density at radius 2 is 1.74 bits per heavy atom. The minimum Gasteiger partial charge on any atom is -0.396 e.